The molecule has 0 aliphatic rings. The molecule has 7 heteroatoms. The zero-order valence-electron chi connectivity index (χ0n) is 17.7. The molecule has 0 aromatic heterocycles. The van der Waals surface area contributed by atoms with E-state index in [1.807, 2.05) is 42.3 Å². The quantitative estimate of drug-likeness (QED) is 0.344. The fourth-order valence-corrected chi connectivity index (χ4v) is 5.26. The fourth-order valence-electron chi connectivity index (χ4n) is 3.49. The highest BCUT2D eigenvalue weighted by atomic mass is 35.5. The SMILES string of the molecule is C=C(C)/C(=C(/C)N(C)Cc1ccccc1)S(=O)(=O)Nc1cc(Cl)c(O)c2ccccc12. The molecule has 0 saturated heterocycles. The van der Waals surface area contributed by atoms with Crippen molar-refractivity contribution in [1.29, 1.82) is 0 Å². The second kappa shape index (κ2) is 9.04. The average Bonchev–Trinajstić information content (AvgIpc) is 2.72. The van der Waals surface area contributed by atoms with Gasteiger partial charge in [0.05, 0.1) is 10.7 Å². The number of rotatable bonds is 7. The summed E-state index contributed by atoms with van der Waals surface area (Å²) in [5.41, 5.74) is 2.33. The van der Waals surface area contributed by atoms with Crippen LogP contribution in [-0.2, 0) is 16.6 Å². The van der Waals surface area contributed by atoms with Gasteiger partial charge in [0.15, 0.2) is 0 Å². The largest absolute Gasteiger partial charge is 0.506 e. The van der Waals surface area contributed by atoms with Crippen LogP contribution in [0.15, 0.2) is 83.4 Å². The van der Waals surface area contributed by atoms with E-state index >= 15 is 0 Å². The first-order chi connectivity index (χ1) is 14.6. The molecule has 0 atom stereocenters. The number of hydrogen-bond acceptors (Lipinski definition) is 4. The molecule has 31 heavy (non-hydrogen) atoms. The van der Waals surface area contributed by atoms with Crippen molar-refractivity contribution in [1.82, 2.24) is 4.90 Å². The van der Waals surface area contributed by atoms with Crippen molar-refractivity contribution in [3.63, 3.8) is 0 Å². The van der Waals surface area contributed by atoms with Gasteiger partial charge in [0.25, 0.3) is 10.0 Å². The van der Waals surface area contributed by atoms with E-state index in [-0.39, 0.29) is 21.4 Å². The molecule has 3 aromatic carbocycles. The summed E-state index contributed by atoms with van der Waals surface area (Å²) in [7, 11) is -2.14. The van der Waals surface area contributed by atoms with Crippen molar-refractivity contribution in [2.75, 3.05) is 11.8 Å². The number of nitrogens with one attached hydrogen (secondary N) is 1. The number of anilines is 1. The van der Waals surface area contributed by atoms with E-state index in [0.717, 1.165) is 5.56 Å². The van der Waals surface area contributed by atoms with E-state index in [0.29, 0.717) is 28.6 Å². The predicted octanol–water partition coefficient (Wildman–Crippen LogP) is 5.88. The van der Waals surface area contributed by atoms with Crippen LogP contribution in [0.3, 0.4) is 0 Å². The van der Waals surface area contributed by atoms with Crippen molar-refractivity contribution in [3.8, 4) is 5.75 Å². The van der Waals surface area contributed by atoms with Crippen LogP contribution in [0.4, 0.5) is 5.69 Å². The molecule has 0 saturated carbocycles. The molecule has 0 aliphatic heterocycles. The smallest absolute Gasteiger partial charge is 0.263 e. The lowest BCUT2D eigenvalue weighted by molar-refractivity contribution is 0.410. The van der Waals surface area contributed by atoms with Crippen LogP contribution in [-0.4, -0.2) is 25.5 Å². The zero-order valence-corrected chi connectivity index (χ0v) is 19.3. The van der Waals surface area contributed by atoms with Gasteiger partial charge in [-0.25, -0.2) is 8.42 Å². The molecule has 0 heterocycles. The maximum atomic E-state index is 13.4. The van der Waals surface area contributed by atoms with Crippen LogP contribution in [0, 0.1) is 0 Å². The number of phenolic OH excluding ortho intramolecular Hbond substituents is 1. The minimum atomic E-state index is -3.98. The third-order valence-electron chi connectivity index (χ3n) is 5.03. The first kappa shape index (κ1) is 22.7. The van der Waals surface area contributed by atoms with Crippen LogP contribution in [0.5, 0.6) is 5.75 Å². The third kappa shape index (κ3) is 4.86. The Kier molecular flexibility index (Phi) is 6.62. The number of aromatic hydroxyl groups is 1. The number of hydrogen-bond donors (Lipinski definition) is 2. The third-order valence-corrected chi connectivity index (χ3v) is 6.99. The van der Waals surface area contributed by atoms with Gasteiger partial charge in [-0.3, -0.25) is 4.72 Å². The molecule has 0 bridgehead atoms. The van der Waals surface area contributed by atoms with E-state index in [1.54, 1.807) is 38.1 Å². The maximum absolute atomic E-state index is 13.4. The molecule has 0 unspecified atom stereocenters. The van der Waals surface area contributed by atoms with Gasteiger partial charge in [-0.1, -0.05) is 72.8 Å². The van der Waals surface area contributed by atoms with Crippen molar-refractivity contribution >= 4 is 38.1 Å². The number of allylic oxidation sites excluding steroid dienone is 2. The lowest BCUT2D eigenvalue weighted by atomic mass is 10.1. The molecule has 0 radical (unpaired) electrons. The van der Waals surface area contributed by atoms with Crippen molar-refractivity contribution in [3.05, 3.63) is 94.0 Å². The van der Waals surface area contributed by atoms with Gasteiger partial charge in [-0.05, 0) is 31.1 Å². The van der Waals surface area contributed by atoms with Crippen LogP contribution in [0.2, 0.25) is 5.02 Å². The van der Waals surface area contributed by atoms with E-state index in [2.05, 4.69) is 11.3 Å². The Bertz CT molecular complexity index is 1270. The van der Waals surface area contributed by atoms with Crippen LogP contribution >= 0.6 is 11.6 Å². The number of sulfonamides is 1. The van der Waals surface area contributed by atoms with E-state index in [1.165, 1.54) is 6.07 Å². The molecular weight excluding hydrogens is 432 g/mol. The van der Waals surface area contributed by atoms with Gasteiger partial charge in [0.1, 0.15) is 10.7 Å². The number of fused-ring (bicyclic) bond motifs is 1. The summed E-state index contributed by atoms with van der Waals surface area (Å²) in [5, 5.41) is 11.3. The summed E-state index contributed by atoms with van der Waals surface area (Å²) >= 11 is 6.14. The Labute approximate surface area is 188 Å². The average molecular weight is 457 g/mol. The van der Waals surface area contributed by atoms with E-state index in [4.69, 9.17) is 11.6 Å². The molecule has 0 aliphatic carbocycles. The fraction of sp³-hybridized carbons (Fsp3) is 0.167. The first-order valence-electron chi connectivity index (χ1n) is 9.66. The number of benzene rings is 3. The molecule has 3 aromatic rings. The summed E-state index contributed by atoms with van der Waals surface area (Å²) in [6, 6.07) is 18.1. The molecule has 0 fully saturated rings. The highest BCUT2D eigenvalue weighted by molar-refractivity contribution is 7.96. The second-order valence-corrected chi connectivity index (χ2v) is 9.47. The van der Waals surface area contributed by atoms with Crippen LogP contribution in [0.1, 0.15) is 19.4 Å². The Morgan fingerprint density at radius 3 is 2.26 bits per heavy atom. The van der Waals surface area contributed by atoms with E-state index in [9.17, 15) is 13.5 Å². The molecular formula is C24H25ClN2O3S. The van der Waals surface area contributed by atoms with Crippen molar-refractivity contribution < 1.29 is 13.5 Å². The van der Waals surface area contributed by atoms with Crippen LogP contribution in [0.25, 0.3) is 10.8 Å². The minimum Gasteiger partial charge on any atom is -0.506 e. The summed E-state index contributed by atoms with van der Waals surface area (Å²) in [6.45, 7) is 7.87. The van der Waals surface area contributed by atoms with Crippen LogP contribution < -0.4 is 4.72 Å². The highest BCUT2D eigenvalue weighted by Gasteiger charge is 2.25. The van der Waals surface area contributed by atoms with Gasteiger partial charge >= 0.3 is 0 Å². The molecule has 5 nitrogen and oxygen atoms in total. The highest BCUT2D eigenvalue weighted by Crippen LogP contribution is 2.38. The summed E-state index contributed by atoms with van der Waals surface area (Å²) in [5.74, 6) is -0.0883. The Morgan fingerprint density at radius 1 is 1.06 bits per heavy atom. The standard InChI is InChI=1S/C24H25ClN2O3S/c1-16(2)24(17(3)27(4)15-18-10-6-5-7-11-18)31(29,30)26-22-14-21(25)23(28)20-13-9-8-12-19(20)22/h5-14,26,28H,1,15H2,2-4H3/b24-17+. The van der Waals surface area contributed by atoms with Crippen molar-refractivity contribution in [2.24, 2.45) is 0 Å². The molecule has 3 rings (SSSR count). The Morgan fingerprint density at radius 2 is 1.65 bits per heavy atom. The lowest BCUT2D eigenvalue weighted by Crippen LogP contribution is -2.23. The summed E-state index contributed by atoms with van der Waals surface area (Å²) in [6.07, 6.45) is 0. The Balaban J connectivity index is 2.04. The maximum Gasteiger partial charge on any atom is 0.263 e. The molecule has 0 amide bonds. The topological polar surface area (TPSA) is 69.6 Å². The predicted molar refractivity (Wildman–Crippen MR) is 129 cm³/mol. The van der Waals surface area contributed by atoms with Gasteiger partial charge in [0.2, 0.25) is 0 Å². The summed E-state index contributed by atoms with van der Waals surface area (Å²) < 4.78 is 29.5. The number of phenols is 1. The molecule has 2 N–H and O–H groups in total. The van der Waals surface area contributed by atoms with Gasteiger partial charge in [0, 0.05) is 30.1 Å². The number of halogens is 1. The monoisotopic (exact) mass is 456 g/mol. The second-order valence-electron chi connectivity index (χ2n) is 7.44. The molecule has 0 spiro atoms. The van der Waals surface area contributed by atoms with Gasteiger partial charge < -0.3 is 10.0 Å². The molecule has 162 valence electrons. The van der Waals surface area contributed by atoms with Crippen molar-refractivity contribution in [2.45, 2.75) is 20.4 Å². The first-order valence-corrected chi connectivity index (χ1v) is 11.5. The number of nitrogens with zero attached hydrogens (tertiary/aromatic N) is 1. The van der Waals surface area contributed by atoms with E-state index < -0.39 is 10.0 Å². The minimum absolute atomic E-state index is 0.0650. The zero-order chi connectivity index (χ0) is 22.8. The normalized spacial score (nSPS) is 12.4. The van der Waals surface area contributed by atoms with Gasteiger partial charge in [-0.15, -0.1) is 0 Å². The lowest BCUT2D eigenvalue weighted by Gasteiger charge is -2.24. The Hall–Kier alpha value is -2.96. The van der Waals surface area contributed by atoms with Gasteiger partial charge in [-0.2, -0.15) is 0 Å². The summed E-state index contributed by atoms with van der Waals surface area (Å²) in [4.78, 5) is 1.99.